The minimum atomic E-state index is -1.07. The first-order chi connectivity index (χ1) is 15.5. The van der Waals surface area contributed by atoms with Crippen molar-refractivity contribution >= 4 is 18.3 Å². The number of likely N-dealkylation sites (tertiary alicyclic amines) is 2. The van der Waals surface area contributed by atoms with E-state index in [9.17, 15) is 19.5 Å². The second-order valence-corrected chi connectivity index (χ2v) is 8.27. The second kappa shape index (κ2) is 12.2. The van der Waals surface area contributed by atoms with Gasteiger partial charge in [0, 0.05) is 45.4 Å². The van der Waals surface area contributed by atoms with Crippen LogP contribution in [0, 0.1) is 0 Å². The molecule has 1 aromatic carbocycles. The van der Waals surface area contributed by atoms with Crippen molar-refractivity contribution in [3.63, 3.8) is 0 Å². The molecule has 2 aliphatic heterocycles. The predicted octanol–water partition coefficient (Wildman–Crippen LogP) is 3.83. The highest BCUT2D eigenvalue weighted by molar-refractivity contribution is 5.70. The summed E-state index contributed by atoms with van der Waals surface area (Å²) in [6.45, 7) is 1.77. The molecule has 2 heterocycles. The zero-order chi connectivity index (χ0) is 22.8. The van der Waals surface area contributed by atoms with Crippen molar-refractivity contribution in [1.82, 2.24) is 15.1 Å². The van der Waals surface area contributed by atoms with Crippen LogP contribution in [0.5, 0.6) is 0 Å². The number of benzene rings is 1. The molecule has 2 N–H and O–H groups in total. The molecule has 0 radical (unpaired) electrons. The van der Waals surface area contributed by atoms with Crippen molar-refractivity contribution in [3.8, 4) is 0 Å². The summed E-state index contributed by atoms with van der Waals surface area (Å²) in [4.78, 5) is 38.5. The molecule has 1 aromatic rings. The lowest BCUT2D eigenvalue weighted by Crippen LogP contribution is -2.49. The highest BCUT2D eigenvalue weighted by Crippen LogP contribution is 2.21. The maximum absolute atomic E-state index is 12.4. The number of amides is 3. The molecule has 176 valence electrons. The van der Waals surface area contributed by atoms with Crippen LogP contribution >= 0.6 is 0 Å². The SMILES string of the molecule is O=C(NCCCCc1ccccc1)OC1CCN(C(=O)OC2CCCCN2C(=O)O)CC1. The molecule has 0 bridgehead atoms. The Morgan fingerprint density at radius 1 is 0.969 bits per heavy atom. The molecule has 32 heavy (non-hydrogen) atoms. The first kappa shape index (κ1) is 23.7. The standard InChI is InChI=1S/C23H33N3O6/c27-21(24-14-6-4-10-18-8-2-1-3-9-18)31-19-12-16-25(17-13-19)23(30)32-20-11-5-7-15-26(20)22(28)29/h1-3,8-9,19-20H,4-7,10-17H2,(H,24,27)(H,28,29). The number of piperidine rings is 2. The number of alkyl carbamates (subject to hydrolysis) is 1. The number of rotatable bonds is 7. The van der Waals surface area contributed by atoms with Crippen LogP contribution in [0.1, 0.15) is 50.5 Å². The number of carboxylic acid groups (broad SMARTS) is 1. The van der Waals surface area contributed by atoms with Crippen LogP contribution in [0.15, 0.2) is 30.3 Å². The smallest absolute Gasteiger partial charge is 0.411 e. The van der Waals surface area contributed by atoms with Gasteiger partial charge >= 0.3 is 18.3 Å². The Morgan fingerprint density at radius 2 is 1.72 bits per heavy atom. The van der Waals surface area contributed by atoms with Crippen LogP contribution in [0.2, 0.25) is 0 Å². The van der Waals surface area contributed by atoms with Crippen molar-refractivity contribution in [1.29, 1.82) is 0 Å². The van der Waals surface area contributed by atoms with Gasteiger partial charge in [-0.2, -0.15) is 0 Å². The van der Waals surface area contributed by atoms with Crippen LogP contribution in [0.25, 0.3) is 0 Å². The van der Waals surface area contributed by atoms with Gasteiger partial charge in [-0.25, -0.2) is 14.4 Å². The zero-order valence-corrected chi connectivity index (χ0v) is 18.4. The van der Waals surface area contributed by atoms with Gasteiger partial charge in [-0.05, 0) is 37.7 Å². The number of unbranched alkanes of at least 4 members (excludes halogenated alkanes) is 1. The summed E-state index contributed by atoms with van der Waals surface area (Å²) in [7, 11) is 0. The van der Waals surface area contributed by atoms with Crippen molar-refractivity contribution < 1.29 is 29.0 Å². The van der Waals surface area contributed by atoms with E-state index in [4.69, 9.17) is 9.47 Å². The maximum Gasteiger partial charge on any atom is 0.411 e. The summed E-state index contributed by atoms with van der Waals surface area (Å²) in [5, 5.41) is 12.1. The third-order valence-corrected chi connectivity index (χ3v) is 5.91. The van der Waals surface area contributed by atoms with Crippen LogP contribution in [0.4, 0.5) is 14.4 Å². The quantitative estimate of drug-likeness (QED) is 0.615. The lowest BCUT2D eigenvalue weighted by atomic mass is 10.1. The highest BCUT2D eigenvalue weighted by atomic mass is 16.6. The first-order valence-corrected chi connectivity index (χ1v) is 11.5. The molecular formula is C23H33N3O6. The van der Waals surface area contributed by atoms with Gasteiger partial charge < -0.3 is 24.8 Å². The van der Waals surface area contributed by atoms with Gasteiger partial charge in [-0.15, -0.1) is 0 Å². The highest BCUT2D eigenvalue weighted by Gasteiger charge is 2.32. The van der Waals surface area contributed by atoms with Crippen LogP contribution in [-0.4, -0.2) is 71.7 Å². The Morgan fingerprint density at radius 3 is 2.44 bits per heavy atom. The van der Waals surface area contributed by atoms with Crippen molar-refractivity contribution in [2.45, 2.75) is 63.7 Å². The van der Waals surface area contributed by atoms with Crippen molar-refractivity contribution in [3.05, 3.63) is 35.9 Å². The topological polar surface area (TPSA) is 108 Å². The average molecular weight is 448 g/mol. The van der Waals surface area contributed by atoms with E-state index in [1.54, 1.807) is 4.90 Å². The number of hydrogen-bond acceptors (Lipinski definition) is 5. The molecule has 9 nitrogen and oxygen atoms in total. The van der Waals surface area contributed by atoms with E-state index in [-0.39, 0.29) is 6.10 Å². The zero-order valence-electron chi connectivity index (χ0n) is 18.4. The molecule has 0 spiro atoms. The summed E-state index contributed by atoms with van der Waals surface area (Å²) < 4.78 is 10.9. The lowest BCUT2D eigenvalue weighted by molar-refractivity contribution is -0.0421. The second-order valence-electron chi connectivity index (χ2n) is 8.27. The monoisotopic (exact) mass is 447 g/mol. The average Bonchev–Trinajstić information content (AvgIpc) is 2.80. The predicted molar refractivity (Wildman–Crippen MR) is 117 cm³/mol. The fourth-order valence-corrected chi connectivity index (χ4v) is 4.07. The molecule has 1 unspecified atom stereocenters. The first-order valence-electron chi connectivity index (χ1n) is 11.5. The normalized spacial score (nSPS) is 19.3. The Balaban J connectivity index is 1.29. The largest absolute Gasteiger partial charge is 0.465 e. The number of nitrogens with zero attached hydrogens (tertiary/aromatic N) is 2. The van der Waals surface area contributed by atoms with E-state index in [0.717, 1.165) is 32.1 Å². The number of nitrogens with one attached hydrogen (secondary N) is 1. The van der Waals surface area contributed by atoms with E-state index in [0.29, 0.717) is 45.4 Å². The number of ether oxygens (including phenoxy) is 2. The van der Waals surface area contributed by atoms with Gasteiger partial charge in [0.25, 0.3) is 0 Å². The van der Waals surface area contributed by atoms with Crippen LogP contribution in [0.3, 0.4) is 0 Å². The number of carbonyl (C=O) groups excluding carboxylic acids is 2. The minimum Gasteiger partial charge on any atom is -0.465 e. The molecule has 0 saturated carbocycles. The molecule has 3 rings (SSSR count). The van der Waals surface area contributed by atoms with Crippen molar-refractivity contribution in [2.24, 2.45) is 0 Å². The summed E-state index contributed by atoms with van der Waals surface area (Å²) in [5.74, 6) is 0. The Hall–Kier alpha value is -2.97. The van der Waals surface area contributed by atoms with E-state index in [1.165, 1.54) is 10.5 Å². The minimum absolute atomic E-state index is 0.242. The Bertz CT molecular complexity index is 751. The summed E-state index contributed by atoms with van der Waals surface area (Å²) in [5.41, 5.74) is 1.29. The fourth-order valence-electron chi connectivity index (χ4n) is 4.07. The van der Waals surface area contributed by atoms with Gasteiger partial charge in [-0.1, -0.05) is 30.3 Å². The van der Waals surface area contributed by atoms with Crippen LogP contribution in [-0.2, 0) is 15.9 Å². The molecule has 1 atom stereocenters. The molecule has 9 heteroatoms. The van der Waals surface area contributed by atoms with E-state index >= 15 is 0 Å². The molecular weight excluding hydrogens is 414 g/mol. The molecule has 3 amide bonds. The van der Waals surface area contributed by atoms with Crippen LogP contribution < -0.4 is 5.32 Å². The summed E-state index contributed by atoms with van der Waals surface area (Å²) in [6.07, 6.45) is 3.07. The third kappa shape index (κ3) is 7.32. The Labute approximate surface area is 188 Å². The molecule has 2 aliphatic rings. The van der Waals surface area contributed by atoms with E-state index in [2.05, 4.69) is 17.4 Å². The van der Waals surface area contributed by atoms with Gasteiger partial charge in [0.05, 0.1) is 0 Å². The summed E-state index contributed by atoms with van der Waals surface area (Å²) >= 11 is 0. The van der Waals surface area contributed by atoms with Gasteiger partial charge in [0.1, 0.15) is 6.10 Å². The summed E-state index contributed by atoms with van der Waals surface area (Å²) in [6, 6.07) is 10.2. The fraction of sp³-hybridized carbons (Fsp3) is 0.609. The molecule has 0 aromatic heterocycles. The number of aryl methyl sites for hydroxylation is 1. The maximum atomic E-state index is 12.4. The number of carbonyl (C=O) groups is 3. The van der Waals surface area contributed by atoms with E-state index < -0.39 is 24.5 Å². The van der Waals surface area contributed by atoms with Gasteiger partial charge in [0.15, 0.2) is 6.23 Å². The molecule has 2 fully saturated rings. The Kier molecular flexibility index (Phi) is 9.01. The third-order valence-electron chi connectivity index (χ3n) is 5.91. The lowest BCUT2D eigenvalue weighted by Gasteiger charge is -2.36. The van der Waals surface area contributed by atoms with Gasteiger partial charge in [0.2, 0.25) is 0 Å². The number of hydrogen-bond donors (Lipinski definition) is 2. The van der Waals surface area contributed by atoms with E-state index in [1.807, 2.05) is 18.2 Å². The molecule has 0 aliphatic carbocycles. The van der Waals surface area contributed by atoms with Crippen molar-refractivity contribution in [2.75, 3.05) is 26.2 Å². The van der Waals surface area contributed by atoms with Gasteiger partial charge in [-0.3, -0.25) is 4.90 Å². The molecule has 2 saturated heterocycles.